The SMILES string of the molecule is IC(I)I.[3H]OC(=O)Oc1ccc(C)cc1. The fourth-order valence-corrected chi connectivity index (χ4v) is 0.703. The minimum Gasteiger partial charge on any atom is -0.449 e. The van der Waals surface area contributed by atoms with Gasteiger partial charge in [0.2, 0.25) is 0 Å². The molecule has 0 radical (unpaired) electrons. The van der Waals surface area contributed by atoms with Gasteiger partial charge in [-0.3, -0.25) is 0 Å². The van der Waals surface area contributed by atoms with E-state index in [9.17, 15) is 4.79 Å². The summed E-state index contributed by atoms with van der Waals surface area (Å²) in [7, 11) is 0. The van der Waals surface area contributed by atoms with E-state index in [4.69, 9.17) is 1.43 Å². The van der Waals surface area contributed by atoms with Gasteiger partial charge in [-0.2, -0.15) is 0 Å². The largest absolute Gasteiger partial charge is 0.511 e. The van der Waals surface area contributed by atoms with Gasteiger partial charge in [0.1, 0.15) is 5.69 Å². The summed E-state index contributed by atoms with van der Waals surface area (Å²) in [6, 6.07) is 6.86. The van der Waals surface area contributed by atoms with Crippen LogP contribution in [0.25, 0.3) is 1.43 Å². The number of rotatable bonds is 1. The molecule has 0 fully saturated rings. The number of carbonyl (C=O) groups is 1. The van der Waals surface area contributed by atoms with E-state index in [0.29, 0.717) is 5.75 Å². The number of ether oxygens (including phenoxy) is 1. The van der Waals surface area contributed by atoms with E-state index in [1.807, 2.05) is 6.92 Å². The predicted molar refractivity (Wildman–Crippen MR) is 85.7 cm³/mol. The molecule has 1 rings (SSSR count). The van der Waals surface area contributed by atoms with E-state index in [0.717, 1.165) is 5.50 Å². The molecule has 1 N–H and O–H groups in total. The molecule has 0 spiro atoms. The minimum absolute atomic E-state index is 0.373. The molecule has 0 unspecified atom stereocenters. The van der Waals surface area contributed by atoms with Crippen molar-refractivity contribution in [2.45, 2.75) is 6.86 Å². The fraction of sp³-hybridized carbons (Fsp3) is 0.222. The van der Waals surface area contributed by atoms with Crippen LogP contribution < -0.4 is 4.74 Å². The lowest BCUT2D eigenvalue weighted by Crippen LogP contribution is -2.02. The molecule has 15 heavy (non-hydrogen) atoms. The zero-order valence-corrected chi connectivity index (χ0v) is 14.2. The van der Waals surface area contributed by atoms with Gasteiger partial charge in [-0.1, -0.05) is 85.5 Å². The van der Waals surface area contributed by atoms with Crippen molar-refractivity contribution in [3.63, 3.8) is 0 Å². The normalized spacial score (nSPS) is 9.80. The highest BCUT2D eigenvalue weighted by Crippen LogP contribution is 2.16. The first-order valence-corrected chi connectivity index (χ1v) is 7.53. The van der Waals surface area contributed by atoms with Gasteiger partial charge in [0, 0.05) is 0 Å². The number of halogens is 3. The summed E-state index contributed by atoms with van der Waals surface area (Å²) in [6.45, 7) is 1.92. The number of benzene rings is 1. The first kappa shape index (κ1) is 13.7. The monoisotopic (exact) mass is 548 g/mol. The van der Waals surface area contributed by atoms with Crippen molar-refractivity contribution in [2.24, 2.45) is 0 Å². The van der Waals surface area contributed by atoms with Gasteiger partial charge >= 0.3 is 7.59 Å². The molecule has 0 bridgehead atoms. The molecule has 1 aromatic rings. The standard InChI is InChI=1S/C8H8O3.CHI3/c1-6-2-4-7(5-3-6)11-8(9)10;2-1(3)4/h2-5H,1H3,(H,9,10);1H/i/hT. The van der Waals surface area contributed by atoms with Crippen LogP contribution in [0.15, 0.2) is 24.3 Å². The minimum atomic E-state index is -1.03. The average Bonchev–Trinajstić information content (AvgIpc) is 2.20. The summed E-state index contributed by atoms with van der Waals surface area (Å²) in [5.74, 6) is 0.373. The van der Waals surface area contributed by atoms with E-state index in [1.165, 1.54) is 0 Å². The summed E-state index contributed by atoms with van der Waals surface area (Å²) in [5, 5.41) is 3.57. The number of carboxylic acid groups (broad SMARTS) is 1. The Labute approximate surface area is 131 Å². The van der Waals surface area contributed by atoms with Crippen LogP contribution in [0.1, 0.15) is 5.56 Å². The zero-order valence-electron chi connectivity index (χ0n) is 8.75. The van der Waals surface area contributed by atoms with Gasteiger partial charge < -0.3 is 9.85 Å². The van der Waals surface area contributed by atoms with Crippen molar-refractivity contribution < 1.29 is 14.6 Å². The number of aryl methyl sites for hydroxylation is 1. The molecule has 0 aliphatic carbocycles. The Balaban J connectivity index is 0.000000487. The Morgan fingerprint density at radius 2 is 1.87 bits per heavy atom. The summed E-state index contributed by atoms with van der Waals surface area (Å²) >= 11 is 6.95. The average molecular weight is 548 g/mol. The zero-order chi connectivity index (χ0) is 12.6. The van der Waals surface area contributed by atoms with Crippen LogP contribution in [0.3, 0.4) is 0 Å². The first-order valence-electron chi connectivity index (χ1n) is 4.20. The maximum absolute atomic E-state index is 10.4. The maximum Gasteiger partial charge on any atom is 0.511 e. The Morgan fingerprint density at radius 3 is 2.27 bits per heavy atom. The molecule has 6 heteroatoms. The number of alkyl halides is 3. The molecule has 3 nitrogen and oxygen atoms in total. The summed E-state index contributed by atoms with van der Waals surface area (Å²) in [4.78, 5) is 10.4. The van der Waals surface area contributed by atoms with Crippen LogP contribution in [0.4, 0.5) is 4.79 Å². The van der Waals surface area contributed by atoms with E-state index in [-0.39, 0.29) is 0 Å². The highest BCUT2D eigenvalue weighted by Gasteiger charge is 1.97. The molecule has 0 heterocycles. The topological polar surface area (TPSA) is 46.5 Å². The third kappa shape index (κ3) is 11.0. The van der Waals surface area contributed by atoms with Crippen LogP contribution in [0.5, 0.6) is 5.75 Å². The van der Waals surface area contributed by atoms with Crippen LogP contribution in [0, 0.1) is 6.92 Å². The quantitative estimate of drug-likeness (QED) is 0.241. The van der Waals surface area contributed by atoms with E-state index >= 15 is 0 Å². The molecule has 0 aromatic heterocycles. The Hall–Kier alpha value is 0.680. The molecule has 0 aliphatic heterocycles. The Kier molecular flexibility index (Phi) is 8.05. The van der Waals surface area contributed by atoms with Crippen LogP contribution in [0.2, 0.25) is 0 Å². The molecule has 0 saturated carbocycles. The summed E-state index contributed by atoms with van der Waals surface area (Å²) < 4.78 is 11.5. The van der Waals surface area contributed by atoms with E-state index < -0.39 is 6.16 Å². The smallest absolute Gasteiger partial charge is 0.449 e. The Bertz CT molecular complexity index is 314. The molecular formula is C9H9I3O3. The van der Waals surface area contributed by atoms with Crippen molar-refractivity contribution >= 4 is 73.9 Å². The van der Waals surface area contributed by atoms with E-state index in [2.05, 4.69) is 77.6 Å². The third-order valence-corrected chi connectivity index (χ3v) is 1.22. The van der Waals surface area contributed by atoms with Crippen molar-refractivity contribution in [1.82, 2.24) is 0 Å². The molecule has 84 valence electrons. The lowest BCUT2D eigenvalue weighted by molar-refractivity contribution is 0.144. The molecule has 1 aromatic carbocycles. The molecule has 0 amide bonds. The Morgan fingerprint density at radius 1 is 1.40 bits per heavy atom. The highest BCUT2D eigenvalue weighted by molar-refractivity contribution is 14.3. The second-order valence-electron chi connectivity index (χ2n) is 2.41. The van der Waals surface area contributed by atoms with E-state index in [1.54, 1.807) is 24.3 Å². The van der Waals surface area contributed by atoms with Crippen LogP contribution in [-0.2, 0) is 0 Å². The first-order chi connectivity index (χ1) is 7.45. The molecule has 0 saturated heterocycles. The van der Waals surface area contributed by atoms with Crippen LogP contribution in [-0.4, -0.2) is 11.2 Å². The fourth-order valence-electron chi connectivity index (χ4n) is 0.703. The second kappa shape index (κ2) is 8.79. The maximum atomic E-state index is 10.4. The van der Waals surface area contributed by atoms with Crippen molar-refractivity contribution in [3.8, 4) is 5.75 Å². The van der Waals surface area contributed by atoms with Gasteiger partial charge in [-0.25, -0.2) is 4.79 Å². The lowest BCUT2D eigenvalue weighted by Gasteiger charge is -1.98. The van der Waals surface area contributed by atoms with Crippen LogP contribution >= 0.6 is 67.8 Å². The van der Waals surface area contributed by atoms with Gasteiger partial charge in [0.25, 0.3) is 0 Å². The highest BCUT2D eigenvalue weighted by atomic mass is 127. The number of hydrogen-bond acceptors (Lipinski definition) is 3. The van der Waals surface area contributed by atoms with Gasteiger partial charge in [-0.05, 0) is 19.1 Å². The lowest BCUT2D eigenvalue weighted by atomic mass is 10.2. The van der Waals surface area contributed by atoms with Gasteiger partial charge in [0.05, 0.1) is 0 Å². The molecular weight excluding hydrogens is 537 g/mol. The van der Waals surface area contributed by atoms with Crippen molar-refractivity contribution in [3.05, 3.63) is 29.8 Å². The van der Waals surface area contributed by atoms with Gasteiger partial charge in [0.15, 0.2) is 0 Å². The van der Waals surface area contributed by atoms with Gasteiger partial charge in [-0.15, -0.1) is 0 Å². The number of hydrogen-bond donors (Lipinski definition) is 1. The molecule has 0 atom stereocenters. The second-order valence-corrected chi connectivity index (χ2v) is 13.3. The third-order valence-electron chi connectivity index (χ3n) is 1.22. The summed E-state index contributed by atoms with van der Waals surface area (Å²) in [5.41, 5.74) is 1.07. The molecule has 0 aliphatic rings. The van der Waals surface area contributed by atoms with Crippen molar-refractivity contribution in [2.75, 3.05) is 0 Å². The van der Waals surface area contributed by atoms with Crippen molar-refractivity contribution in [1.29, 1.82) is 1.43 Å². The predicted octanol–water partition coefficient (Wildman–Crippen LogP) is 4.63. The summed E-state index contributed by atoms with van der Waals surface area (Å²) in [6.07, 6.45) is -1.03.